The minimum Gasteiger partial charge on any atom is -0.311 e. The first-order chi connectivity index (χ1) is 7.74. The molecule has 0 spiro atoms. The second kappa shape index (κ2) is 3.99. The summed E-state index contributed by atoms with van der Waals surface area (Å²) in [7, 11) is 0. The summed E-state index contributed by atoms with van der Waals surface area (Å²) in [6, 6.07) is 1.26. The molecule has 3 fully saturated rings. The molecule has 4 heteroatoms. The lowest BCUT2D eigenvalue weighted by Gasteiger charge is -2.33. The van der Waals surface area contributed by atoms with Gasteiger partial charge in [-0.1, -0.05) is 0 Å². The number of nitro groups is 1. The van der Waals surface area contributed by atoms with Gasteiger partial charge < -0.3 is 5.32 Å². The van der Waals surface area contributed by atoms with E-state index in [2.05, 4.69) is 5.32 Å². The van der Waals surface area contributed by atoms with Crippen LogP contribution in [0.5, 0.6) is 0 Å². The monoisotopic (exact) mass is 224 g/mol. The van der Waals surface area contributed by atoms with Gasteiger partial charge in [-0.3, -0.25) is 10.1 Å². The van der Waals surface area contributed by atoms with E-state index in [9.17, 15) is 10.1 Å². The fourth-order valence-corrected chi connectivity index (χ4v) is 4.13. The molecule has 3 atom stereocenters. The molecule has 0 aromatic carbocycles. The predicted octanol–water partition coefficient (Wildman–Crippen LogP) is 1.96. The lowest BCUT2D eigenvalue weighted by Crippen LogP contribution is -2.34. The van der Waals surface area contributed by atoms with Gasteiger partial charge in [0.05, 0.1) is 0 Å². The summed E-state index contributed by atoms with van der Waals surface area (Å²) in [5.74, 6) is 1.59. The van der Waals surface area contributed by atoms with Gasteiger partial charge in [0.25, 0.3) is 0 Å². The zero-order valence-corrected chi connectivity index (χ0v) is 9.60. The number of hydrogen-bond donors (Lipinski definition) is 1. The first kappa shape index (κ1) is 10.5. The third-order valence-electron chi connectivity index (χ3n) is 4.99. The maximum absolute atomic E-state index is 10.7. The van der Waals surface area contributed by atoms with E-state index >= 15 is 0 Å². The molecule has 1 N–H and O–H groups in total. The van der Waals surface area contributed by atoms with Crippen LogP contribution < -0.4 is 5.32 Å². The SMILES string of the molecule is O=[N+]([O-])C1CCC(C2CC3CCC2N3)CC1. The van der Waals surface area contributed by atoms with Gasteiger partial charge >= 0.3 is 0 Å². The zero-order valence-electron chi connectivity index (χ0n) is 9.60. The zero-order chi connectivity index (χ0) is 11.1. The van der Waals surface area contributed by atoms with Gasteiger partial charge in [-0.15, -0.1) is 0 Å². The first-order valence-corrected chi connectivity index (χ1v) is 6.63. The Morgan fingerprint density at radius 1 is 1.06 bits per heavy atom. The lowest BCUT2D eigenvalue weighted by molar-refractivity contribution is -0.527. The van der Waals surface area contributed by atoms with Crippen LogP contribution >= 0.6 is 0 Å². The van der Waals surface area contributed by atoms with E-state index < -0.39 is 0 Å². The number of nitrogens with zero attached hydrogens (tertiary/aromatic N) is 1. The van der Waals surface area contributed by atoms with Crippen molar-refractivity contribution in [3.63, 3.8) is 0 Å². The minimum absolute atomic E-state index is 0.0741. The molecule has 1 aliphatic carbocycles. The molecule has 3 unspecified atom stereocenters. The fourth-order valence-electron chi connectivity index (χ4n) is 4.13. The van der Waals surface area contributed by atoms with Gasteiger partial charge in [-0.05, 0) is 43.9 Å². The smallest absolute Gasteiger partial charge is 0.213 e. The average molecular weight is 224 g/mol. The summed E-state index contributed by atoms with van der Waals surface area (Å²) in [5.41, 5.74) is 0. The molecule has 0 aromatic heterocycles. The van der Waals surface area contributed by atoms with E-state index in [-0.39, 0.29) is 11.0 Å². The summed E-state index contributed by atoms with van der Waals surface area (Å²) in [6.07, 6.45) is 7.81. The van der Waals surface area contributed by atoms with Crippen molar-refractivity contribution in [3.8, 4) is 0 Å². The van der Waals surface area contributed by atoms with Gasteiger partial charge in [-0.2, -0.15) is 0 Å². The Morgan fingerprint density at radius 3 is 2.31 bits per heavy atom. The number of rotatable bonds is 2. The molecule has 2 aliphatic heterocycles. The summed E-state index contributed by atoms with van der Waals surface area (Å²) in [6.45, 7) is 0. The van der Waals surface area contributed by atoms with Crippen LogP contribution in [0.25, 0.3) is 0 Å². The van der Waals surface area contributed by atoms with Crippen LogP contribution in [-0.4, -0.2) is 23.0 Å². The highest BCUT2D eigenvalue weighted by molar-refractivity contribution is 5.00. The molecular formula is C12H20N2O2. The average Bonchev–Trinajstić information content (AvgIpc) is 2.91. The van der Waals surface area contributed by atoms with Crippen molar-refractivity contribution in [1.29, 1.82) is 0 Å². The predicted molar refractivity (Wildman–Crippen MR) is 60.8 cm³/mol. The van der Waals surface area contributed by atoms with Crippen molar-refractivity contribution in [2.45, 2.75) is 63.1 Å². The molecule has 16 heavy (non-hydrogen) atoms. The Morgan fingerprint density at radius 2 is 1.81 bits per heavy atom. The molecule has 0 radical (unpaired) electrons. The highest BCUT2D eigenvalue weighted by Gasteiger charge is 2.44. The molecule has 3 rings (SSSR count). The first-order valence-electron chi connectivity index (χ1n) is 6.63. The van der Waals surface area contributed by atoms with E-state index in [1.54, 1.807) is 0 Å². The van der Waals surface area contributed by atoms with Crippen LogP contribution in [0.1, 0.15) is 44.9 Å². The van der Waals surface area contributed by atoms with Crippen LogP contribution in [0.2, 0.25) is 0 Å². The molecule has 4 nitrogen and oxygen atoms in total. The van der Waals surface area contributed by atoms with Crippen LogP contribution in [-0.2, 0) is 0 Å². The normalized spacial score (nSPS) is 47.1. The number of nitrogens with one attached hydrogen (secondary N) is 1. The van der Waals surface area contributed by atoms with Crippen molar-refractivity contribution < 1.29 is 4.92 Å². The van der Waals surface area contributed by atoms with Gasteiger partial charge in [0.15, 0.2) is 0 Å². The molecule has 2 bridgehead atoms. The van der Waals surface area contributed by atoms with E-state index in [0.717, 1.165) is 49.6 Å². The van der Waals surface area contributed by atoms with Crippen LogP contribution in [0.3, 0.4) is 0 Å². The van der Waals surface area contributed by atoms with Crippen LogP contribution in [0.15, 0.2) is 0 Å². The summed E-state index contributed by atoms with van der Waals surface area (Å²) < 4.78 is 0. The third-order valence-corrected chi connectivity index (χ3v) is 4.99. The topological polar surface area (TPSA) is 55.2 Å². The van der Waals surface area contributed by atoms with Gasteiger partial charge in [0.2, 0.25) is 6.04 Å². The Labute approximate surface area is 95.9 Å². The van der Waals surface area contributed by atoms with E-state index in [4.69, 9.17) is 0 Å². The number of hydrogen-bond acceptors (Lipinski definition) is 3. The minimum atomic E-state index is -0.247. The molecule has 3 aliphatic rings. The number of fused-ring (bicyclic) bond motifs is 2. The third kappa shape index (κ3) is 1.73. The summed E-state index contributed by atoms with van der Waals surface area (Å²) in [5, 5.41) is 14.4. The van der Waals surface area contributed by atoms with Crippen LogP contribution in [0.4, 0.5) is 0 Å². The standard InChI is InChI=1S/C12H20N2O2/c15-14(16)10-4-1-8(2-5-10)11-7-9-3-6-12(11)13-9/h8-13H,1-7H2. The molecule has 2 saturated heterocycles. The fraction of sp³-hybridized carbons (Fsp3) is 1.00. The Bertz CT molecular complexity index is 287. The second-order valence-electron chi connectivity index (χ2n) is 5.80. The molecule has 2 heterocycles. The van der Waals surface area contributed by atoms with Crippen molar-refractivity contribution in [2.75, 3.05) is 0 Å². The summed E-state index contributed by atoms with van der Waals surface area (Å²) in [4.78, 5) is 10.6. The van der Waals surface area contributed by atoms with Crippen molar-refractivity contribution in [2.24, 2.45) is 11.8 Å². The van der Waals surface area contributed by atoms with Crippen molar-refractivity contribution >= 4 is 0 Å². The van der Waals surface area contributed by atoms with E-state index in [1.165, 1.54) is 19.3 Å². The molecule has 0 aromatic rings. The molecule has 0 amide bonds. The van der Waals surface area contributed by atoms with Crippen LogP contribution in [0, 0.1) is 22.0 Å². The maximum atomic E-state index is 10.7. The van der Waals surface area contributed by atoms with Gasteiger partial charge in [0, 0.05) is 29.8 Å². The van der Waals surface area contributed by atoms with Gasteiger partial charge in [-0.25, -0.2) is 0 Å². The molecule has 1 saturated carbocycles. The van der Waals surface area contributed by atoms with Crippen molar-refractivity contribution in [3.05, 3.63) is 10.1 Å². The van der Waals surface area contributed by atoms with Gasteiger partial charge in [0.1, 0.15) is 0 Å². The van der Waals surface area contributed by atoms with Crippen molar-refractivity contribution in [1.82, 2.24) is 5.32 Å². The Balaban J connectivity index is 1.56. The quantitative estimate of drug-likeness (QED) is 0.576. The molecular weight excluding hydrogens is 204 g/mol. The highest BCUT2D eigenvalue weighted by atomic mass is 16.6. The second-order valence-corrected chi connectivity index (χ2v) is 5.80. The lowest BCUT2D eigenvalue weighted by atomic mass is 9.72. The largest absolute Gasteiger partial charge is 0.311 e. The Hall–Kier alpha value is -0.640. The van der Waals surface area contributed by atoms with E-state index in [0.29, 0.717) is 0 Å². The highest BCUT2D eigenvalue weighted by Crippen LogP contribution is 2.43. The molecule has 90 valence electrons. The van der Waals surface area contributed by atoms with E-state index in [1.807, 2.05) is 0 Å². The summed E-state index contributed by atoms with van der Waals surface area (Å²) >= 11 is 0. The maximum Gasteiger partial charge on any atom is 0.213 e. The Kier molecular flexibility index (Phi) is 2.62.